The molecule has 0 saturated carbocycles. The third kappa shape index (κ3) is 3.55. The Hall–Kier alpha value is -2.01. The number of aromatic nitrogens is 2. The zero-order chi connectivity index (χ0) is 15.2. The van der Waals surface area contributed by atoms with Crippen LogP contribution in [-0.2, 0) is 13.6 Å². The van der Waals surface area contributed by atoms with Crippen LogP contribution in [0.4, 0.5) is 0 Å². The summed E-state index contributed by atoms with van der Waals surface area (Å²) < 4.78 is 13.5. The molecule has 0 aliphatic rings. The van der Waals surface area contributed by atoms with E-state index in [1.807, 2.05) is 45.2 Å². The summed E-state index contributed by atoms with van der Waals surface area (Å²) in [5.74, 6) is 2.20. The number of nitrogens with one attached hydrogen (secondary N) is 1. The van der Waals surface area contributed by atoms with Crippen molar-refractivity contribution >= 4 is 0 Å². The van der Waals surface area contributed by atoms with E-state index in [1.165, 1.54) is 0 Å². The summed E-state index contributed by atoms with van der Waals surface area (Å²) in [5.41, 5.74) is 2.05. The van der Waals surface area contributed by atoms with Crippen LogP contribution in [0.5, 0.6) is 17.4 Å². The van der Waals surface area contributed by atoms with Crippen LogP contribution in [0.3, 0.4) is 0 Å². The number of rotatable bonds is 7. The highest BCUT2D eigenvalue weighted by atomic mass is 16.5. The van der Waals surface area contributed by atoms with Crippen molar-refractivity contribution in [3.05, 3.63) is 35.5 Å². The van der Waals surface area contributed by atoms with Crippen LogP contribution < -0.4 is 14.8 Å². The number of ether oxygens (including phenoxy) is 2. The Morgan fingerprint density at radius 3 is 2.57 bits per heavy atom. The molecule has 1 aromatic heterocycles. The molecule has 5 nitrogen and oxygen atoms in total. The van der Waals surface area contributed by atoms with Gasteiger partial charge in [-0.15, -0.1) is 0 Å². The van der Waals surface area contributed by atoms with Crippen LogP contribution in [0.25, 0.3) is 0 Å². The van der Waals surface area contributed by atoms with E-state index in [4.69, 9.17) is 9.47 Å². The molecule has 5 heteroatoms. The monoisotopic (exact) mass is 289 g/mol. The van der Waals surface area contributed by atoms with Crippen LogP contribution in [0, 0.1) is 6.92 Å². The zero-order valence-corrected chi connectivity index (χ0v) is 13.1. The minimum Gasteiger partial charge on any atom is -0.490 e. The molecule has 0 fully saturated rings. The molecule has 1 aromatic carbocycles. The second-order valence-electron chi connectivity index (χ2n) is 4.75. The first-order valence-corrected chi connectivity index (χ1v) is 7.30. The normalized spacial score (nSPS) is 10.7. The van der Waals surface area contributed by atoms with E-state index in [0.717, 1.165) is 36.0 Å². The number of hydrogen-bond donors (Lipinski definition) is 1. The van der Waals surface area contributed by atoms with Crippen molar-refractivity contribution in [2.45, 2.75) is 27.3 Å². The number of hydrogen-bond acceptors (Lipinski definition) is 4. The quantitative estimate of drug-likeness (QED) is 0.851. The highest BCUT2D eigenvalue weighted by molar-refractivity contribution is 5.43. The Labute approximate surface area is 125 Å². The second-order valence-corrected chi connectivity index (χ2v) is 4.75. The van der Waals surface area contributed by atoms with Crippen molar-refractivity contribution in [2.24, 2.45) is 7.05 Å². The number of para-hydroxylation sites is 2. The fourth-order valence-electron chi connectivity index (χ4n) is 2.18. The van der Waals surface area contributed by atoms with Gasteiger partial charge in [0.25, 0.3) is 0 Å². The summed E-state index contributed by atoms with van der Waals surface area (Å²) in [6.07, 6.45) is 0. The lowest BCUT2D eigenvalue weighted by Crippen LogP contribution is -2.13. The second kappa shape index (κ2) is 7.13. The fraction of sp³-hybridized carbons (Fsp3) is 0.438. The molecule has 0 radical (unpaired) electrons. The lowest BCUT2D eigenvalue weighted by atomic mass is 10.2. The zero-order valence-electron chi connectivity index (χ0n) is 13.1. The minimum atomic E-state index is 0.606. The van der Waals surface area contributed by atoms with Gasteiger partial charge in [-0.05, 0) is 32.5 Å². The van der Waals surface area contributed by atoms with Crippen molar-refractivity contribution in [1.82, 2.24) is 15.1 Å². The van der Waals surface area contributed by atoms with Crippen LogP contribution in [0.1, 0.15) is 25.1 Å². The van der Waals surface area contributed by atoms with Gasteiger partial charge in [0.15, 0.2) is 11.5 Å². The van der Waals surface area contributed by atoms with Gasteiger partial charge in [0.2, 0.25) is 5.88 Å². The minimum absolute atomic E-state index is 0.606. The van der Waals surface area contributed by atoms with Gasteiger partial charge in [-0.3, -0.25) is 0 Å². The van der Waals surface area contributed by atoms with Gasteiger partial charge in [0.05, 0.1) is 17.9 Å². The van der Waals surface area contributed by atoms with Gasteiger partial charge >= 0.3 is 0 Å². The Bertz CT molecular complexity index is 593. The number of benzene rings is 1. The molecule has 0 atom stereocenters. The Morgan fingerprint density at radius 1 is 1.19 bits per heavy atom. The molecule has 0 aliphatic heterocycles. The summed E-state index contributed by atoms with van der Waals surface area (Å²) in [5, 5.41) is 7.77. The average molecular weight is 289 g/mol. The van der Waals surface area contributed by atoms with Crippen molar-refractivity contribution in [3.63, 3.8) is 0 Å². The highest BCUT2D eigenvalue weighted by Gasteiger charge is 2.16. The third-order valence-corrected chi connectivity index (χ3v) is 3.20. The van der Waals surface area contributed by atoms with Crippen molar-refractivity contribution in [3.8, 4) is 17.4 Å². The van der Waals surface area contributed by atoms with Gasteiger partial charge in [0, 0.05) is 13.6 Å². The maximum atomic E-state index is 6.08. The van der Waals surface area contributed by atoms with Gasteiger partial charge in [-0.1, -0.05) is 19.1 Å². The van der Waals surface area contributed by atoms with Crippen LogP contribution in [-0.4, -0.2) is 22.9 Å². The average Bonchev–Trinajstić information content (AvgIpc) is 2.73. The first kappa shape index (κ1) is 15.4. The lowest BCUT2D eigenvalue weighted by Gasteiger charge is -2.13. The summed E-state index contributed by atoms with van der Waals surface area (Å²) in [6.45, 7) is 8.28. The first-order chi connectivity index (χ1) is 10.2. The molecule has 0 amide bonds. The molecule has 1 heterocycles. The van der Waals surface area contributed by atoms with Crippen LogP contribution in [0.2, 0.25) is 0 Å². The van der Waals surface area contributed by atoms with Gasteiger partial charge in [0.1, 0.15) is 0 Å². The topological polar surface area (TPSA) is 48.3 Å². The Kier molecular flexibility index (Phi) is 5.22. The first-order valence-electron chi connectivity index (χ1n) is 7.30. The molecule has 0 saturated heterocycles. The van der Waals surface area contributed by atoms with Gasteiger partial charge < -0.3 is 14.8 Å². The molecule has 114 valence electrons. The van der Waals surface area contributed by atoms with Crippen molar-refractivity contribution < 1.29 is 9.47 Å². The van der Waals surface area contributed by atoms with E-state index < -0.39 is 0 Å². The lowest BCUT2D eigenvalue weighted by molar-refractivity contribution is 0.315. The number of nitrogens with zero attached hydrogens (tertiary/aromatic N) is 2. The van der Waals surface area contributed by atoms with E-state index in [-0.39, 0.29) is 0 Å². The highest BCUT2D eigenvalue weighted by Crippen LogP contribution is 2.33. The van der Waals surface area contributed by atoms with E-state index in [9.17, 15) is 0 Å². The molecule has 2 aromatic rings. The van der Waals surface area contributed by atoms with Gasteiger partial charge in [-0.25, -0.2) is 4.68 Å². The predicted octanol–water partition coefficient (Wildman–Crippen LogP) is 3.03. The predicted molar refractivity (Wildman–Crippen MR) is 83.0 cm³/mol. The van der Waals surface area contributed by atoms with E-state index in [1.54, 1.807) is 4.68 Å². The molecule has 0 spiro atoms. The fourth-order valence-corrected chi connectivity index (χ4v) is 2.18. The van der Waals surface area contributed by atoms with Crippen molar-refractivity contribution in [2.75, 3.05) is 13.2 Å². The molecule has 1 N–H and O–H groups in total. The maximum absolute atomic E-state index is 6.08. The number of aryl methyl sites for hydroxylation is 2. The largest absolute Gasteiger partial charge is 0.490 e. The molecule has 0 unspecified atom stereocenters. The summed E-state index contributed by atoms with van der Waals surface area (Å²) >= 11 is 0. The summed E-state index contributed by atoms with van der Waals surface area (Å²) in [7, 11) is 1.89. The molecule has 2 rings (SSSR count). The Morgan fingerprint density at radius 2 is 1.90 bits per heavy atom. The van der Waals surface area contributed by atoms with Crippen molar-refractivity contribution in [1.29, 1.82) is 0 Å². The third-order valence-electron chi connectivity index (χ3n) is 3.20. The van der Waals surface area contributed by atoms with Gasteiger partial charge in [-0.2, -0.15) is 5.10 Å². The standard InChI is InChI=1S/C16H23N3O2/c1-5-17-11-13-12(3)18-19(4)16(13)21-15-10-8-7-9-14(15)20-6-2/h7-10,17H,5-6,11H2,1-4H3. The smallest absolute Gasteiger partial charge is 0.222 e. The van der Waals surface area contributed by atoms with E-state index >= 15 is 0 Å². The molecular weight excluding hydrogens is 266 g/mol. The molecular formula is C16H23N3O2. The van der Waals surface area contributed by atoms with E-state index in [0.29, 0.717) is 12.4 Å². The maximum Gasteiger partial charge on any atom is 0.222 e. The van der Waals surface area contributed by atoms with Crippen LogP contribution >= 0.6 is 0 Å². The van der Waals surface area contributed by atoms with E-state index in [2.05, 4.69) is 17.3 Å². The summed E-state index contributed by atoms with van der Waals surface area (Å²) in [4.78, 5) is 0. The Balaban J connectivity index is 2.31. The molecule has 0 bridgehead atoms. The van der Waals surface area contributed by atoms with Crippen LogP contribution in [0.15, 0.2) is 24.3 Å². The SMILES string of the molecule is CCNCc1c(C)nn(C)c1Oc1ccccc1OCC. The summed E-state index contributed by atoms with van der Waals surface area (Å²) in [6, 6.07) is 7.69. The molecule has 21 heavy (non-hydrogen) atoms. The molecule has 0 aliphatic carbocycles.